The van der Waals surface area contributed by atoms with E-state index in [4.69, 9.17) is 0 Å². The zero-order valence-corrected chi connectivity index (χ0v) is 16.9. The molecule has 2 fully saturated rings. The van der Waals surface area contributed by atoms with Crippen molar-refractivity contribution in [2.45, 2.75) is 39.2 Å². The Bertz CT molecular complexity index is 898. The normalized spacial score (nSPS) is 22.5. The fraction of sp³-hybridized carbons (Fsp3) is 0.526. The highest BCUT2D eigenvalue weighted by Gasteiger charge is 2.32. The van der Waals surface area contributed by atoms with Crippen LogP contribution in [0.1, 0.15) is 30.7 Å². The van der Waals surface area contributed by atoms with Crippen molar-refractivity contribution < 1.29 is 9.59 Å². The fourth-order valence-electron chi connectivity index (χ4n) is 3.80. The van der Waals surface area contributed by atoms with Gasteiger partial charge in [0.15, 0.2) is 5.82 Å². The van der Waals surface area contributed by atoms with Gasteiger partial charge in [0.2, 0.25) is 11.0 Å². The van der Waals surface area contributed by atoms with Crippen LogP contribution in [0.2, 0.25) is 0 Å². The molecule has 4 rings (SSSR count). The SMILES string of the molecule is Cc1cc(C)n(-c2cc(N3CCCC(C(=O)NC4CCSC4=O)C3)ncn2)n1. The Labute approximate surface area is 168 Å². The van der Waals surface area contributed by atoms with Gasteiger partial charge >= 0.3 is 0 Å². The van der Waals surface area contributed by atoms with Crippen LogP contribution in [0, 0.1) is 19.8 Å². The van der Waals surface area contributed by atoms with Crippen LogP contribution in [-0.2, 0) is 9.59 Å². The van der Waals surface area contributed by atoms with Crippen molar-refractivity contribution in [1.82, 2.24) is 25.1 Å². The molecule has 1 N–H and O–H groups in total. The predicted octanol–water partition coefficient (Wildman–Crippen LogP) is 1.64. The molecule has 148 valence electrons. The number of thioether (sulfide) groups is 1. The largest absolute Gasteiger partial charge is 0.356 e. The third-order valence-electron chi connectivity index (χ3n) is 5.23. The number of carbonyl (C=O) groups is 2. The molecule has 0 spiro atoms. The summed E-state index contributed by atoms with van der Waals surface area (Å²) in [5.41, 5.74) is 1.95. The minimum atomic E-state index is -0.329. The number of piperidine rings is 1. The molecule has 0 radical (unpaired) electrons. The number of carbonyl (C=O) groups excluding carboxylic acids is 2. The maximum Gasteiger partial charge on any atom is 0.225 e. The second-order valence-corrected chi connectivity index (χ2v) is 8.48. The van der Waals surface area contributed by atoms with E-state index in [0.717, 1.165) is 54.6 Å². The molecule has 4 heterocycles. The third-order valence-corrected chi connectivity index (χ3v) is 6.24. The van der Waals surface area contributed by atoms with E-state index < -0.39 is 0 Å². The topological polar surface area (TPSA) is 93.0 Å². The standard InChI is InChI=1S/C19H24N6O2S/c1-12-8-13(2)25(23-12)17-9-16(20-11-21-17)24-6-3-4-14(10-24)18(26)22-15-5-7-28-19(15)27/h8-9,11,14-15H,3-7,10H2,1-2H3,(H,22,26). The maximum atomic E-state index is 12.7. The number of hydrogen-bond acceptors (Lipinski definition) is 7. The van der Waals surface area contributed by atoms with E-state index >= 15 is 0 Å². The first-order chi connectivity index (χ1) is 13.5. The van der Waals surface area contributed by atoms with Crippen LogP contribution in [0.25, 0.3) is 5.82 Å². The van der Waals surface area contributed by atoms with Crippen LogP contribution >= 0.6 is 11.8 Å². The summed E-state index contributed by atoms with van der Waals surface area (Å²) in [5.74, 6) is 2.13. The summed E-state index contributed by atoms with van der Waals surface area (Å²) in [6.45, 7) is 5.38. The van der Waals surface area contributed by atoms with Gasteiger partial charge in [-0.25, -0.2) is 14.6 Å². The Morgan fingerprint density at radius 1 is 1.21 bits per heavy atom. The lowest BCUT2D eigenvalue weighted by Crippen LogP contribution is -2.47. The molecule has 2 saturated heterocycles. The van der Waals surface area contributed by atoms with Crippen LogP contribution in [-0.4, -0.2) is 55.7 Å². The van der Waals surface area contributed by atoms with Gasteiger partial charge in [0, 0.05) is 30.6 Å². The van der Waals surface area contributed by atoms with Crippen LogP contribution in [0.4, 0.5) is 5.82 Å². The smallest absolute Gasteiger partial charge is 0.225 e. The van der Waals surface area contributed by atoms with Gasteiger partial charge in [-0.2, -0.15) is 5.10 Å². The molecule has 2 atom stereocenters. The van der Waals surface area contributed by atoms with Crippen molar-refractivity contribution >= 4 is 28.6 Å². The average molecular weight is 401 g/mol. The number of aromatic nitrogens is 4. The monoisotopic (exact) mass is 400 g/mol. The lowest BCUT2D eigenvalue weighted by atomic mass is 9.96. The Morgan fingerprint density at radius 2 is 2.04 bits per heavy atom. The predicted molar refractivity (Wildman–Crippen MR) is 108 cm³/mol. The number of amides is 1. The first-order valence-electron chi connectivity index (χ1n) is 9.59. The Hall–Kier alpha value is -2.42. The van der Waals surface area contributed by atoms with Crippen LogP contribution < -0.4 is 10.2 Å². The molecular weight excluding hydrogens is 376 g/mol. The van der Waals surface area contributed by atoms with Crippen molar-refractivity contribution in [3.8, 4) is 5.82 Å². The summed E-state index contributed by atoms with van der Waals surface area (Å²) in [6.07, 6.45) is 4.00. The molecule has 0 saturated carbocycles. The van der Waals surface area contributed by atoms with E-state index in [9.17, 15) is 9.59 Å². The van der Waals surface area contributed by atoms with Crippen molar-refractivity contribution in [2.75, 3.05) is 23.7 Å². The third kappa shape index (κ3) is 3.89. The Kier molecular flexibility index (Phi) is 5.34. The van der Waals surface area contributed by atoms with Gasteiger partial charge < -0.3 is 10.2 Å². The van der Waals surface area contributed by atoms with E-state index in [1.165, 1.54) is 11.8 Å². The molecule has 0 bridgehead atoms. The first kappa shape index (κ1) is 18.9. The molecule has 0 aromatic carbocycles. The fourth-order valence-corrected chi connectivity index (χ4v) is 4.74. The molecule has 2 aliphatic heterocycles. The number of anilines is 1. The number of rotatable bonds is 4. The van der Waals surface area contributed by atoms with E-state index in [2.05, 4.69) is 25.3 Å². The molecule has 2 aromatic rings. The lowest BCUT2D eigenvalue weighted by molar-refractivity contribution is -0.128. The molecule has 28 heavy (non-hydrogen) atoms. The summed E-state index contributed by atoms with van der Waals surface area (Å²) in [7, 11) is 0. The van der Waals surface area contributed by atoms with Gasteiger partial charge in [-0.05, 0) is 39.2 Å². The first-order valence-corrected chi connectivity index (χ1v) is 10.6. The van der Waals surface area contributed by atoms with E-state index in [1.807, 2.05) is 26.0 Å². The summed E-state index contributed by atoms with van der Waals surface area (Å²) < 4.78 is 1.80. The van der Waals surface area contributed by atoms with E-state index in [-0.39, 0.29) is 23.0 Å². The van der Waals surface area contributed by atoms with Gasteiger partial charge in [0.1, 0.15) is 12.1 Å². The maximum absolute atomic E-state index is 12.7. The number of nitrogens with zero attached hydrogens (tertiary/aromatic N) is 5. The van der Waals surface area contributed by atoms with Crippen LogP contribution in [0.3, 0.4) is 0 Å². The minimum Gasteiger partial charge on any atom is -0.356 e. The molecule has 0 aliphatic carbocycles. The van der Waals surface area contributed by atoms with Crippen molar-refractivity contribution in [3.63, 3.8) is 0 Å². The highest BCUT2D eigenvalue weighted by atomic mass is 32.2. The zero-order chi connectivity index (χ0) is 19.7. The van der Waals surface area contributed by atoms with Gasteiger partial charge in [-0.1, -0.05) is 11.8 Å². The minimum absolute atomic E-state index is 0.0293. The van der Waals surface area contributed by atoms with E-state index in [0.29, 0.717) is 6.54 Å². The molecule has 9 heteroatoms. The highest BCUT2D eigenvalue weighted by molar-refractivity contribution is 8.14. The molecule has 8 nitrogen and oxygen atoms in total. The molecule has 2 unspecified atom stereocenters. The molecular formula is C19H24N6O2S. The van der Waals surface area contributed by atoms with Crippen molar-refractivity contribution in [1.29, 1.82) is 0 Å². The van der Waals surface area contributed by atoms with Crippen molar-refractivity contribution in [3.05, 3.63) is 29.8 Å². The van der Waals surface area contributed by atoms with Gasteiger partial charge in [-0.3, -0.25) is 9.59 Å². The Balaban J connectivity index is 1.47. The number of hydrogen-bond donors (Lipinski definition) is 1. The number of nitrogens with one attached hydrogen (secondary N) is 1. The molecule has 2 aliphatic rings. The summed E-state index contributed by atoms with van der Waals surface area (Å²) in [6, 6.07) is 3.59. The van der Waals surface area contributed by atoms with Crippen LogP contribution in [0.5, 0.6) is 0 Å². The summed E-state index contributed by atoms with van der Waals surface area (Å²) in [5, 5.41) is 7.49. The Morgan fingerprint density at radius 3 is 2.75 bits per heavy atom. The van der Waals surface area contributed by atoms with Gasteiger partial charge in [0.25, 0.3) is 0 Å². The van der Waals surface area contributed by atoms with E-state index in [1.54, 1.807) is 11.0 Å². The zero-order valence-electron chi connectivity index (χ0n) is 16.1. The average Bonchev–Trinajstić information content (AvgIpc) is 3.26. The van der Waals surface area contributed by atoms with Crippen LogP contribution in [0.15, 0.2) is 18.5 Å². The van der Waals surface area contributed by atoms with Gasteiger partial charge in [-0.15, -0.1) is 0 Å². The lowest BCUT2D eigenvalue weighted by Gasteiger charge is -2.33. The quantitative estimate of drug-likeness (QED) is 0.834. The second-order valence-electron chi connectivity index (χ2n) is 7.38. The summed E-state index contributed by atoms with van der Waals surface area (Å²) >= 11 is 1.30. The number of aryl methyl sites for hydroxylation is 2. The molecule has 2 aromatic heterocycles. The second kappa shape index (κ2) is 7.90. The molecule has 1 amide bonds. The summed E-state index contributed by atoms with van der Waals surface area (Å²) in [4.78, 5) is 35.4. The van der Waals surface area contributed by atoms with Crippen molar-refractivity contribution in [2.24, 2.45) is 5.92 Å². The highest BCUT2D eigenvalue weighted by Crippen LogP contribution is 2.25. The van der Waals surface area contributed by atoms with Gasteiger partial charge in [0.05, 0.1) is 17.7 Å².